The van der Waals surface area contributed by atoms with Crippen LogP contribution in [0.2, 0.25) is 0 Å². The smallest absolute Gasteiger partial charge is 0.306 e. The lowest BCUT2D eigenvalue weighted by molar-refractivity contribution is -0.870. The number of quaternary nitrogens is 1. The molecule has 2 atom stereocenters. The highest BCUT2D eigenvalue weighted by atomic mass is 31.2. The molecule has 0 N–H and O–H groups in total. The van der Waals surface area contributed by atoms with Gasteiger partial charge >= 0.3 is 5.97 Å². The summed E-state index contributed by atoms with van der Waals surface area (Å²) in [6, 6.07) is 0. The van der Waals surface area contributed by atoms with Crippen molar-refractivity contribution >= 4 is 13.8 Å². The number of carbonyl (C=O) groups excluding carboxylic acids is 1. The lowest BCUT2D eigenvalue weighted by Gasteiger charge is -2.28. The minimum absolute atomic E-state index is 0.0293. The van der Waals surface area contributed by atoms with Gasteiger partial charge in [-0.25, -0.2) is 0 Å². The van der Waals surface area contributed by atoms with Gasteiger partial charge in [0.05, 0.1) is 34.4 Å². The molecule has 328 valence electrons. The fourth-order valence-electron chi connectivity index (χ4n) is 6.66. The van der Waals surface area contributed by atoms with Crippen molar-refractivity contribution in [3.05, 3.63) is 12.2 Å². The Hall–Kier alpha value is -0.760. The Labute approximate surface area is 341 Å². The number of carbonyl (C=O) groups is 1. The van der Waals surface area contributed by atoms with Gasteiger partial charge in [0.25, 0.3) is 7.82 Å². The summed E-state index contributed by atoms with van der Waals surface area (Å²) in [7, 11) is 1.37. The number of likely N-dealkylation sites (N-methyl/N-ethyl adjacent to an activating group) is 1. The summed E-state index contributed by atoms with van der Waals surface area (Å²) in [4.78, 5) is 25.0. The highest BCUT2D eigenvalue weighted by Crippen LogP contribution is 2.38. The Morgan fingerprint density at radius 2 is 0.945 bits per heavy atom. The SMILES string of the molecule is CCCCCCCCCC/C=C\CCCCCCCCCCCCCC(=O)OC(COCCCCCCCCCCCC)COP(=O)([O-])OCC[N+](C)(C)C. The standard InChI is InChI=1S/C46H92NO7P/c1-6-8-10-12-14-16-18-19-20-21-22-23-24-25-26-27-28-29-30-31-33-35-37-39-46(48)54-45(44-53-55(49,50)52-42-40-47(3,4)5)43-51-41-38-36-34-32-17-15-13-11-9-7-2/h21-22,45H,6-20,23-44H2,1-5H3/b22-21-. The van der Waals surface area contributed by atoms with Crippen molar-refractivity contribution in [1.29, 1.82) is 0 Å². The van der Waals surface area contributed by atoms with Crippen molar-refractivity contribution in [3.8, 4) is 0 Å². The minimum atomic E-state index is -4.52. The molecule has 0 aromatic rings. The van der Waals surface area contributed by atoms with Gasteiger partial charge in [-0.05, 0) is 38.5 Å². The average Bonchev–Trinajstić information content (AvgIpc) is 3.13. The van der Waals surface area contributed by atoms with Crippen molar-refractivity contribution in [2.45, 2.75) is 225 Å². The maximum absolute atomic E-state index is 12.7. The Balaban J connectivity index is 4.05. The summed E-state index contributed by atoms with van der Waals surface area (Å²) >= 11 is 0. The fraction of sp³-hybridized carbons (Fsp3) is 0.935. The second kappa shape index (κ2) is 40.0. The first-order valence-corrected chi connectivity index (χ1v) is 24.9. The van der Waals surface area contributed by atoms with E-state index in [2.05, 4.69) is 26.0 Å². The van der Waals surface area contributed by atoms with Crippen LogP contribution in [0, 0.1) is 0 Å². The molecule has 0 aliphatic carbocycles. The molecule has 0 bridgehead atoms. The predicted octanol–water partition coefficient (Wildman–Crippen LogP) is 13.2. The normalized spacial score (nSPS) is 13.8. The van der Waals surface area contributed by atoms with E-state index in [9.17, 15) is 14.3 Å². The zero-order valence-electron chi connectivity index (χ0n) is 37.1. The maximum atomic E-state index is 12.7. The monoisotopic (exact) mass is 802 g/mol. The number of hydrogen-bond donors (Lipinski definition) is 0. The largest absolute Gasteiger partial charge is 0.756 e. The van der Waals surface area contributed by atoms with E-state index in [0.29, 0.717) is 24.1 Å². The quantitative estimate of drug-likeness (QED) is 0.0199. The zero-order valence-corrected chi connectivity index (χ0v) is 38.0. The van der Waals surface area contributed by atoms with Crippen LogP contribution in [-0.4, -0.2) is 70.7 Å². The summed E-state index contributed by atoms with van der Waals surface area (Å²) in [5.74, 6) is -0.332. The average molecular weight is 802 g/mol. The summed E-state index contributed by atoms with van der Waals surface area (Å²) < 4.78 is 34.6. The second-order valence-electron chi connectivity index (χ2n) is 17.1. The number of unbranched alkanes of at least 4 members (excludes halogenated alkanes) is 28. The van der Waals surface area contributed by atoms with Crippen molar-refractivity contribution in [2.75, 3.05) is 54.1 Å². The van der Waals surface area contributed by atoms with Crippen LogP contribution in [0.25, 0.3) is 0 Å². The number of allylic oxidation sites excluding steroid dienone is 2. The molecular weight excluding hydrogens is 709 g/mol. The first-order valence-electron chi connectivity index (χ1n) is 23.4. The Kier molecular flexibility index (Phi) is 39.5. The molecule has 0 fully saturated rings. The van der Waals surface area contributed by atoms with Crippen LogP contribution in [0.4, 0.5) is 0 Å². The summed E-state index contributed by atoms with van der Waals surface area (Å²) in [6.07, 6.45) is 43.7. The molecule has 0 radical (unpaired) electrons. The lowest BCUT2D eigenvalue weighted by atomic mass is 10.0. The van der Waals surface area contributed by atoms with Crippen molar-refractivity contribution in [3.63, 3.8) is 0 Å². The lowest BCUT2D eigenvalue weighted by Crippen LogP contribution is -2.37. The van der Waals surface area contributed by atoms with Gasteiger partial charge in [0, 0.05) is 13.0 Å². The van der Waals surface area contributed by atoms with Gasteiger partial charge in [-0.3, -0.25) is 9.36 Å². The van der Waals surface area contributed by atoms with Crippen LogP contribution < -0.4 is 4.89 Å². The van der Waals surface area contributed by atoms with E-state index in [1.54, 1.807) is 0 Å². The summed E-state index contributed by atoms with van der Waals surface area (Å²) in [6.45, 7) is 5.44. The van der Waals surface area contributed by atoms with Gasteiger partial charge in [0.1, 0.15) is 19.3 Å². The molecule has 0 aromatic carbocycles. The molecule has 0 amide bonds. The molecule has 0 aliphatic rings. The van der Waals surface area contributed by atoms with E-state index >= 15 is 0 Å². The third kappa shape index (κ3) is 44.2. The van der Waals surface area contributed by atoms with Gasteiger partial charge < -0.3 is 27.9 Å². The molecule has 0 spiro atoms. The van der Waals surface area contributed by atoms with E-state index in [1.165, 1.54) is 167 Å². The van der Waals surface area contributed by atoms with Crippen molar-refractivity contribution < 1.29 is 37.3 Å². The van der Waals surface area contributed by atoms with Crippen molar-refractivity contribution in [1.82, 2.24) is 0 Å². The number of nitrogens with zero attached hydrogens (tertiary/aromatic N) is 1. The maximum Gasteiger partial charge on any atom is 0.306 e. The molecule has 0 aromatic heterocycles. The minimum Gasteiger partial charge on any atom is -0.756 e. The molecule has 9 heteroatoms. The van der Waals surface area contributed by atoms with Crippen molar-refractivity contribution in [2.24, 2.45) is 0 Å². The molecule has 0 aliphatic heterocycles. The molecule has 2 unspecified atom stereocenters. The molecular formula is C46H92NO7P. The van der Waals surface area contributed by atoms with Crippen LogP contribution in [0.5, 0.6) is 0 Å². The number of ether oxygens (including phenoxy) is 2. The number of hydrogen-bond acceptors (Lipinski definition) is 7. The van der Waals surface area contributed by atoms with Gasteiger partial charge in [-0.1, -0.05) is 187 Å². The first kappa shape index (κ1) is 54.2. The predicted molar refractivity (Wildman–Crippen MR) is 231 cm³/mol. The molecule has 0 heterocycles. The first-order chi connectivity index (χ1) is 26.6. The molecule has 0 rings (SSSR count). The van der Waals surface area contributed by atoms with E-state index in [4.69, 9.17) is 18.5 Å². The zero-order chi connectivity index (χ0) is 40.6. The van der Waals surface area contributed by atoms with Crippen LogP contribution in [0.3, 0.4) is 0 Å². The van der Waals surface area contributed by atoms with Crippen LogP contribution in [0.1, 0.15) is 219 Å². The van der Waals surface area contributed by atoms with Crippen LogP contribution >= 0.6 is 7.82 Å². The van der Waals surface area contributed by atoms with Gasteiger partial charge in [0.2, 0.25) is 0 Å². The molecule has 55 heavy (non-hydrogen) atoms. The van der Waals surface area contributed by atoms with E-state index < -0.39 is 13.9 Å². The number of esters is 1. The van der Waals surface area contributed by atoms with Gasteiger partial charge in [-0.15, -0.1) is 0 Å². The topological polar surface area (TPSA) is 94.1 Å². The molecule has 0 saturated carbocycles. The number of phosphoric ester groups is 1. The fourth-order valence-corrected chi connectivity index (χ4v) is 7.39. The third-order valence-corrected chi connectivity index (χ3v) is 11.3. The Bertz CT molecular complexity index is 894. The number of rotatable bonds is 44. The Morgan fingerprint density at radius 1 is 0.545 bits per heavy atom. The van der Waals surface area contributed by atoms with E-state index in [0.717, 1.165) is 32.1 Å². The highest BCUT2D eigenvalue weighted by molar-refractivity contribution is 7.45. The van der Waals surface area contributed by atoms with Crippen LogP contribution in [-0.2, 0) is 27.9 Å². The molecule has 8 nitrogen and oxygen atoms in total. The van der Waals surface area contributed by atoms with Crippen LogP contribution in [0.15, 0.2) is 12.2 Å². The number of phosphoric acid groups is 1. The van der Waals surface area contributed by atoms with Gasteiger partial charge in [0.15, 0.2) is 0 Å². The molecule has 0 saturated heterocycles. The summed E-state index contributed by atoms with van der Waals surface area (Å²) in [5.41, 5.74) is 0. The van der Waals surface area contributed by atoms with E-state index in [-0.39, 0.29) is 25.8 Å². The summed E-state index contributed by atoms with van der Waals surface area (Å²) in [5, 5.41) is 0. The Morgan fingerprint density at radius 3 is 1.38 bits per heavy atom. The third-order valence-electron chi connectivity index (χ3n) is 10.3. The van der Waals surface area contributed by atoms with E-state index in [1.807, 2.05) is 21.1 Å². The highest BCUT2D eigenvalue weighted by Gasteiger charge is 2.20. The van der Waals surface area contributed by atoms with Gasteiger partial charge in [-0.2, -0.15) is 0 Å². The second-order valence-corrected chi connectivity index (χ2v) is 18.5.